The highest BCUT2D eigenvalue weighted by molar-refractivity contribution is 6.35. The number of benzene rings is 2. The summed E-state index contributed by atoms with van der Waals surface area (Å²) in [6.07, 6.45) is 0.873. The monoisotopic (exact) mass is 304 g/mol. The highest BCUT2D eigenvalue weighted by Gasteiger charge is 2.13. The molecule has 2 rings (SSSR count). The van der Waals surface area contributed by atoms with E-state index in [4.69, 9.17) is 28.5 Å². The Morgan fingerprint density at radius 3 is 2.65 bits per heavy atom. The molecule has 0 saturated carbocycles. The Kier molecular flexibility index (Phi) is 4.89. The molecule has 0 aliphatic heterocycles. The molecule has 1 unspecified atom stereocenters. The summed E-state index contributed by atoms with van der Waals surface area (Å²) in [5, 5.41) is 13.6. The smallest absolute Gasteiger partial charge is 0.0992 e. The summed E-state index contributed by atoms with van der Waals surface area (Å²) in [6, 6.07) is 15.1. The molecule has 2 aromatic carbocycles. The van der Waals surface area contributed by atoms with Gasteiger partial charge in [-0.15, -0.1) is 0 Å². The van der Waals surface area contributed by atoms with Crippen LogP contribution in [0.3, 0.4) is 0 Å². The number of rotatable bonds is 4. The van der Waals surface area contributed by atoms with E-state index in [1.165, 1.54) is 0 Å². The number of nitrogens with one attached hydrogen (secondary N) is 1. The fourth-order valence-corrected chi connectivity index (χ4v) is 2.60. The van der Waals surface area contributed by atoms with Gasteiger partial charge in [0.05, 0.1) is 17.7 Å². The highest BCUT2D eigenvalue weighted by atomic mass is 35.5. The van der Waals surface area contributed by atoms with Crippen LogP contribution in [-0.4, -0.2) is 0 Å². The normalized spacial score (nSPS) is 11.7. The fraction of sp³-hybridized carbons (Fsp3) is 0.188. The Morgan fingerprint density at radius 1 is 1.20 bits per heavy atom. The Bertz CT molecular complexity index is 647. The summed E-state index contributed by atoms with van der Waals surface area (Å²) in [7, 11) is 0. The molecule has 0 bridgehead atoms. The molecule has 0 aromatic heterocycles. The van der Waals surface area contributed by atoms with E-state index in [1.807, 2.05) is 30.3 Å². The average Bonchev–Trinajstić information content (AvgIpc) is 2.45. The molecule has 1 N–H and O–H groups in total. The number of hydrogen-bond donors (Lipinski definition) is 1. The predicted octanol–water partition coefficient (Wildman–Crippen LogP) is 5.43. The Morgan fingerprint density at radius 2 is 2.00 bits per heavy atom. The second kappa shape index (κ2) is 6.65. The molecular weight excluding hydrogens is 291 g/mol. The van der Waals surface area contributed by atoms with Gasteiger partial charge in [0.1, 0.15) is 0 Å². The van der Waals surface area contributed by atoms with E-state index in [0.717, 1.165) is 17.7 Å². The third kappa shape index (κ3) is 3.45. The van der Waals surface area contributed by atoms with Gasteiger partial charge in [-0.25, -0.2) is 0 Å². The van der Waals surface area contributed by atoms with Crippen LogP contribution < -0.4 is 5.32 Å². The van der Waals surface area contributed by atoms with Gasteiger partial charge in [-0.05, 0) is 42.3 Å². The third-order valence-corrected chi connectivity index (χ3v) is 3.64. The van der Waals surface area contributed by atoms with Crippen LogP contribution in [0.2, 0.25) is 10.0 Å². The Hall–Kier alpha value is -1.69. The molecular formula is C16H14Cl2N2. The van der Waals surface area contributed by atoms with Crippen molar-refractivity contribution in [3.05, 3.63) is 63.6 Å². The third-order valence-electron chi connectivity index (χ3n) is 3.08. The largest absolute Gasteiger partial charge is 0.378 e. The van der Waals surface area contributed by atoms with Crippen LogP contribution in [0.1, 0.15) is 30.5 Å². The molecule has 0 aliphatic rings. The average molecular weight is 305 g/mol. The van der Waals surface area contributed by atoms with E-state index in [-0.39, 0.29) is 6.04 Å². The van der Waals surface area contributed by atoms with E-state index in [9.17, 15) is 0 Å². The number of hydrogen-bond acceptors (Lipinski definition) is 2. The summed E-state index contributed by atoms with van der Waals surface area (Å²) >= 11 is 12.2. The standard InChI is InChI=1S/C16H14Cl2N2/c1-2-16(14-7-6-12(17)9-15(14)18)20-13-5-3-4-11(8-13)10-19/h3-9,16,20H,2H2,1H3. The molecule has 0 radical (unpaired) electrons. The van der Waals surface area contributed by atoms with Crippen LogP contribution in [0.5, 0.6) is 0 Å². The summed E-state index contributed by atoms with van der Waals surface area (Å²) in [5.74, 6) is 0. The molecule has 2 nitrogen and oxygen atoms in total. The molecule has 0 heterocycles. The van der Waals surface area contributed by atoms with Crippen molar-refractivity contribution in [2.45, 2.75) is 19.4 Å². The molecule has 0 spiro atoms. The first kappa shape index (κ1) is 14.7. The molecule has 0 saturated heterocycles. The van der Waals surface area contributed by atoms with E-state index >= 15 is 0 Å². The maximum atomic E-state index is 8.93. The van der Waals surface area contributed by atoms with Gasteiger partial charge in [-0.1, -0.05) is 42.3 Å². The minimum atomic E-state index is 0.0775. The number of halogens is 2. The fourth-order valence-electron chi connectivity index (χ4n) is 2.06. The molecule has 4 heteroatoms. The summed E-state index contributed by atoms with van der Waals surface area (Å²) in [6.45, 7) is 2.08. The Labute approximate surface area is 128 Å². The van der Waals surface area contributed by atoms with Gasteiger partial charge >= 0.3 is 0 Å². The van der Waals surface area contributed by atoms with Gasteiger partial charge in [0.25, 0.3) is 0 Å². The second-order valence-electron chi connectivity index (χ2n) is 4.46. The molecule has 2 aromatic rings. The molecule has 0 amide bonds. The van der Waals surface area contributed by atoms with E-state index in [1.54, 1.807) is 12.1 Å². The number of nitriles is 1. The van der Waals surface area contributed by atoms with Crippen LogP contribution in [0, 0.1) is 11.3 Å². The van der Waals surface area contributed by atoms with Crippen LogP contribution in [0.15, 0.2) is 42.5 Å². The van der Waals surface area contributed by atoms with Gasteiger partial charge < -0.3 is 5.32 Å². The minimum absolute atomic E-state index is 0.0775. The lowest BCUT2D eigenvalue weighted by molar-refractivity contribution is 0.749. The van der Waals surface area contributed by atoms with Crippen molar-refractivity contribution in [2.75, 3.05) is 5.32 Å². The van der Waals surface area contributed by atoms with Crippen LogP contribution in [0.4, 0.5) is 5.69 Å². The lowest BCUT2D eigenvalue weighted by Crippen LogP contribution is -2.10. The van der Waals surface area contributed by atoms with Crippen LogP contribution in [-0.2, 0) is 0 Å². The number of anilines is 1. The lowest BCUT2D eigenvalue weighted by atomic mass is 10.0. The van der Waals surface area contributed by atoms with Crippen molar-refractivity contribution >= 4 is 28.9 Å². The van der Waals surface area contributed by atoms with Crippen molar-refractivity contribution in [3.63, 3.8) is 0 Å². The van der Waals surface area contributed by atoms with Crippen molar-refractivity contribution < 1.29 is 0 Å². The number of nitrogens with zero attached hydrogens (tertiary/aromatic N) is 1. The van der Waals surface area contributed by atoms with Gasteiger partial charge in [0.15, 0.2) is 0 Å². The minimum Gasteiger partial charge on any atom is -0.378 e. The van der Waals surface area contributed by atoms with Crippen LogP contribution in [0.25, 0.3) is 0 Å². The van der Waals surface area contributed by atoms with Gasteiger partial charge in [0.2, 0.25) is 0 Å². The highest BCUT2D eigenvalue weighted by Crippen LogP contribution is 2.30. The van der Waals surface area contributed by atoms with Crippen molar-refractivity contribution in [1.82, 2.24) is 0 Å². The van der Waals surface area contributed by atoms with E-state index in [2.05, 4.69) is 18.3 Å². The maximum absolute atomic E-state index is 8.93. The SMILES string of the molecule is CCC(Nc1cccc(C#N)c1)c1ccc(Cl)cc1Cl. The summed E-state index contributed by atoms with van der Waals surface area (Å²) < 4.78 is 0. The van der Waals surface area contributed by atoms with Gasteiger partial charge in [0, 0.05) is 15.7 Å². The van der Waals surface area contributed by atoms with E-state index < -0.39 is 0 Å². The van der Waals surface area contributed by atoms with E-state index in [0.29, 0.717) is 15.6 Å². The first-order chi connectivity index (χ1) is 9.63. The summed E-state index contributed by atoms with van der Waals surface area (Å²) in [4.78, 5) is 0. The molecule has 1 atom stereocenters. The zero-order valence-corrected chi connectivity index (χ0v) is 12.5. The Balaban J connectivity index is 2.26. The molecule has 20 heavy (non-hydrogen) atoms. The van der Waals surface area contributed by atoms with Crippen molar-refractivity contribution in [3.8, 4) is 6.07 Å². The van der Waals surface area contributed by atoms with Crippen molar-refractivity contribution in [1.29, 1.82) is 5.26 Å². The van der Waals surface area contributed by atoms with Gasteiger partial charge in [-0.3, -0.25) is 0 Å². The quantitative estimate of drug-likeness (QED) is 0.817. The predicted molar refractivity (Wildman–Crippen MR) is 84.3 cm³/mol. The zero-order chi connectivity index (χ0) is 14.5. The lowest BCUT2D eigenvalue weighted by Gasteiger charge is -2.20. The first-order valence-electron chi connectivity index (χ1n) is 6.35. The first-order valence-corrected chi connectivity index (χ1v) is 7.11. The topological polar surface area (TPSA) is 35.8 Å². The maximum Gasteiger partial charge on any atom is 0.0992 e. The molecule has 0 aliphatic carbocycles. The second-order valence-corrected chi connectivity index (χ2v) is 5.31. The van der Waals surface area contributed by atoms with Crippen molar-refractivity contribution in [2.24, 2.45) is 0 Å². The van der Waals surface area contributed by atoms with Crippen LogP contribution >= 0.6 is 23.2 Å². The molecule has 102 valence electrons. The zero-order valence-electron chi connectivity index (χ0n) is 11.0. The summed E-state index contributed by atoms with van der Waals surface area (Å²) in [5.41, 5.74) is 2.54. The van der Waals surface area contributed by atoms with Gasteiger partial charge in [-0.2, -0.15) is 5.26 Å². The molecule has 0 fully saturated rings.